The van der Waals surface area contributed by atoms with Gasteiger partial charge in [0.05, 0.1) is 25.6 Å². The first-order valence-electron chi connectivity index (χ1n) is 12.2. The molecule has 0 aliphatic heterocycles. The smallest absolute Gasteiger partial charge is 0.262 e. The molecule has 0 saturated heterocycles. The minimum atomic E-state index is -0.359. The van der Waals surface area contributed by atoms with Gasteiger partial charge in [-0.05, 0) is 67.4 Å². The Balaban J connectivity index is 1.57. The van der Waals surface area contributed by atoms with Gasteiger partial charge in [0.25, 0.3) is 5.91 Å². The van der Waals surface area contributed by atoms with Gasteiger partial charge in [0.1, 0.15) is 11.3 Å². The molecule has 8 heteroatoms. The summed E-state index contributed by atoms with van der Waals surface area (Å²) in [4.78, 5) is 24.1. The third-order valence-corrected chi connectivity index (χ3v) is 7.15. The van der Waals surface area contributed by atoms with Crippen LogP contribution in [0.3, 0.4) is 0 Å². The van der Waals surface area contributed by atoms with Crippen molar-refractivity contribution in [1.29, 1.82) is 0 Å². The van der Waals surface area contributed by atoms with Crippen LogP contribution in [0.4, 0.5) is 10.8 Å². The number of rotatable bonds is 7. The van der Waals surface area contributed by atoms with Crippen molar-refractivity contribution >= 4 is 39.0 Å². The van der Waals surface area contributed by atoms with Gasteiger partial charge in [0.2, 0.25) is 5.55 Å². The number of para-hydroxylation sites is 1. The van der Waals surface area contributed by atoms with Gasteiger partial charge in [0, 0.05) is 15.8 Å². The number of hydrogen-bond acceptors (Lipinski definition) is 7. The van der Waals surface area contributed by atoms with Crippen LogP contribution in [-0.4, -0.2) is 25.1 Å². The van der Waals surface area contributed by atoms with E-state index in [0.717, 1.165) is 39.3 Å². The van der Waals surface area contributed by atoms with Crippen LogP contribution in [0.1, 0.15) is 27.7 Å². The second kappa shape index (κ2) is 10.9. The monoisotopic (exact) mass is 525 g/mol. The van der Waals surface area contributed by atoms with Gasteiger partial charge >= 0.3 is 0 Å². The van der Waals surface area contributed by atoms with Crippen LogP contribution in [0, 0.1) is 6.92 Å². The number of aryl methyl sites for hydroxylation is 2. The van der Waals surface area contributed by atoms with Gasteiger partial charge in [-0.15, -0.1) is 11.3 Å². The van der Waals surface area contributed by atoms with Gasteiger partial charge in [-0.1, -0.05) is 31.2 Å². The van der Waals surface area contributed by atoms with Crippen molar-refractivity contribution < 1.29 is 18.7 Å². The zero-order chi connectivity index (χ0) is 26.6. The van der Waals surface area contributed by atoms with Gasteiger partial charge in [-0.3, -0.25) is 10.1 Å². The van der Waals surface area contributed by atoms with Crippen molar-refractivity contribution in [2.75, 3.05) is 19.5 Å². The fourth-order valence-electron chi connectivity index (χ4n) is 4.13. The molecule has 5 rings (SSSR count). The molecule has 3 aromatic carbocycles. The Kier molecular flexibility index (Phi) is 7.24. The predicted molar refractivity (Wildman–Crippen MR) is 151 cm³/mol. The quantitative estimate of drug-likeness (QED) is 0.249. The molecule has 2 aromatic heterocycles. The maximum absolute atomic E-state index is 13.6. The molecule has 192 valence electrons. The van der Waals surface area contributed by atoms with E-state index >= 15 is 0 Å². The number of amides is 1. The molecule has 1 N–H and O–H groups in total. The van der Waals surface area contributed by atoms with E-state index in [9.17, 15) is 4.79 Å². The number of benzene rings is 3. The molecule has 0 bridgehead atoms. The summed E-state index contributed by atoms with van der Waals surface area (Å²) in [5.74, 6) is 0.978. The zero-order valence-electron chi connectivity index (χ0n) is 21.6. The number of nitrogens with zero attached hydrogens (tertiary/aromatic N) is 2. The summed E-state index contributed by atoms with van der Waals surface area (Å²) < 4.78 is 16.9. The third-order valence-electron chi connectivity index (χ3n) is 6.04. The SMILES string of the molecule is CCc1sc(NC(=O)c2cc3cccc(OC)c3oc2=Nc2cccc(C)c2)nc1-c1ccc(OC)cc1. The Labute approximate surface area is 224 Å². The molecule has 0 unspecified atom stereocenters. The molecule has 0 aliphatic rings. The summed E-state index contributed by atoms with van der Waals surface area (Å²) in [5.41, 5.74) is 4.54. The van der Waals surface area contributed by atoms with E-state index in [-0.39, 0.29) is 11.5 Å². The molecular weight excluding hydrogens is 498 g/mol. The molecule has 5 aromatic rings. The first-order chi connectivity index (χ1) is 18.5. The van der Waals surface area contributed by atoms with E-state index in [0.29, 0.717) is 27.7 Å². The molecule has 7 nitrogen and oxygen atoms in total. The van der Waals surface area contributed by atoms with Crippen LogP contribution in [0.25, 0.3) is 22.2 Å². The van der Waals surface area contributed by atoms with Crippen molar-refractivity contribution in [3.8, 4) is 22.8 Å². The second-order valence-electron chi connectivity index (χ2n) is 8.62. The van der Waals surface area contributed by atoms with Crippen molar-refractivity contribution in [2.45, 2.75) is 20.3 Å². The highest BCUT2D eigenvalue weighted by atomic mass is 32.1. The molecule has 38 heavy (non-hydrogen) atoms. The Morgan fingerprint density at radius 1 is 1.03 bits per heavy atom. The Morgan fingerprint density at radius 3 is 2.53 bits per heavy atom. The minimum absolute atomic E-state index is 0.188. The number of methoxy groups -OCH3 is 2. The number of thiazole rings is 1. The maximum Gasteiger partial charge on any atom is 0.262 e. The molecule has 2 heterocycles. The summed E-state index contributed by atoms with van der Waals surface area (Å²) >= 11 is 1.45. The number of carbonyl (C=O) groups is 1. The zero-order valence-corrected chi connectivity index (χ0v) is 22.4. The van der Waals surface area contributed by atoms with Crippen LogP contribution in [0.5, 0.6) is 11.5 Å². The normalized spacial score (nSPS) is 11.5. The lowest BCUT2D eigenvalue weighted by Crippen LogP contribution is -2.21. The number of aromatic nitrogens is 1. The number of nitrogens with one attached hydrogen (secondary N) is 1. The highest BCUT2D eigenvalue weighted by Gasteiger charge is 2.18. The molecule has 0 spiro atoms. The highest BCUT2D eigenvalue weighted by molar-refractivity contribution is 7.16. The molecule has 0 saturated carbocycles. The van der Waals surface area contributed by atoms with Crippen LogP contribution in [0.15, 0.2) is 82.2 Å². The molecule has 0 fully saturated rings. The number of carbonyl (C=O) groups excluding carboxylic acids is 1. The summed E-state index contributed by atoms with van der Waals surface area (Å²) in [6, 6.07) is 22.7. The van der Waals surface area contributed by atoms with E-state index in [2.05, 4.69) is 17.2 Å². The summed E-state index contributed by atoms with van der Waals surface area (Å²) in [7, 11) is 3.22. The summed E-state index contributed by atoms with van der Waals surface area (Å²) in [5, 5.41) is 4.20. The Bertz CT molecular complexity index is 1690. The van der Waals surface area contributed by atoms with Gasteiger partial charge in [-0.2, -0.15) is 0 Å². The number of hydrogen-bond donors (Lipinski definition) is 1. The number of anilines is 1. The molecule has 0 radical (unpaired) electrons. The van der Waals surface area contributed by atoms with Crippen LogP contribution >= 0.6 is 11.3 Å². The van der Waals surface area contributed by atoms with Gasteiger partial charge < -0.3 is 13.9 Å². The van der Waals surface area contributed by atoms with E-state index in [1.54, 1.807) is 20.3 Å². The first kappa shape index (κ1) is 25.2. The lowest BCUT2D eigenvalue weighted by atomic mass is 10.1. The summed E-state index contributed by atoms with van der Waals surface area (Å²) in [6.07, 6.45) is 0.786. The topological polar surface area (TPSA) is 86.0 Å². The van der Waals surface area contributed by atoms with E-state index in [1.165, 1.54) is 11.3 Å². The minimum Gasteiger partial charge on any atom is -0.497 e. The average molecular weight is 526 g/mol. The standard InChI is InChI=1S/C30H27N3O4S/c1-5-25-26(19-12-14-22(35-3)15-13-19)32-30(38-25)33-28(34)23-17-20-9-7-11-24(36-4)27(20)37-29(23)31-21-10-6-8-18(2)16-21/h6-17H,5H2,1-4H3,(H,32,33,34). The third kappa shape index (κ3) is 5.17. The van der Waals surface area contributed by atoms with Gasteiger partial charge in [0.15, 0.2) is 16.5 Å². The molecular formula is C30H27N3O4S. The van der Waals surface area contributed by atoms with Crippen molar-refractivity contribution in [3.05, 3.63) is 94.4 Å². The fourth-order valence-corrected chi connectivity index (χ4v) is 5.05. The molecule has 0 atom stereocenters. The van der Waals surface area contributed by atoms with Gasteiger partial charge in [-0.25, -0.2) is 9.98 Å². The molecule has 1 amide bonds. The number of fused-ring (bicyclic) bond motifs is 1. The lowest BCUT2D eigenvalue weighted by Gasteiger charge is -2.08. The predicted octanol–water partition coefficient (Wildman–Crippen LogP) is 6.93. The van der Waals surface area contributed by atoms with Crippen LogP contribution < -0.4 is 20.3 Å². The maximum atomic E-state index is 13.6. The second-order valence-corrected chi connectivity index (χ2v) is 9.71. The van der Waals surface area contributed by atoms with E-state index in [4.69, 9.17) is 18.9 Å². The fraction of sp³-hybridized carbons (Fsp3) is 0.167. The van der Waals surface area contributed by atoms with Crippen molar-refractivity contribution in [3.63, 3.8) is 0 Å². The Morgan fingerprint density at radius 2 is 1.82 bits per heavy atom. The van der Waals surface area contributed by atoms with E-state index < -0.39 is 0 Å². The lowest BCUT2D eigenvalue weighted by molar-refractivity contribution is 0.102. The van der Waals surface area contributed by atoms with E-state index in [1.807, 2.05) is 73.7 Å². The average Bonchev–Trinajstić information content (AvgIpc) is 3.35. The molecule has 0 aliphatic carbocycles. The van der Waals surface area contributed by atoms with Crippen molar-refractivity contribution in [2.24, 2.45) is 4.99 Å². The largest absolute Gasteiger partial charge is 0.497 e. The summed E-state index contributed by atoms with van der Waals surface area (Å²) in [6.45, 7) is 4.06. The van der Waals surface area contributed by atoms with Crippen LogP contribution in [0.2, 0.25) is 0 Å². The Hall–Kier alpha value is -4.43. The van der Waals surface area contributed by atoms with Crippen molar-refractivity contribution in [1.82, 2.24) is 4.98 Å². The van der Waals surface area contributed by atoms with Crippen LogP contribution in [-0.2, 0) is 6.42 Å². The highest BCUT2D eigenvalue weighted by Crippen LogP contribution is 2.33. The first-order valence-corrected chi connectivity index (χ1v) is 13.0. The number of ether oxygens (including phenoxy) is 2.